The zero-order valence-electron chi connectivity index (χ0n) is 16.5. The van der Waals surface area contributed by atoms with Crippen LogP contribution in [0.5, 0.6) is 0 Å². The normalized spacial score (nSPS) is 47.1. The van der Waals surface area contributed by atoms with Crippen LogP contribution in [0.25, 0.3) is 0 Å². The summed E-state index contributed by atoms with van der Waals surface area (Å²) >= 11 is 0. The van der Waals surface area contributed by atoms with Gasteiger partial charge in [0, 0.05) is 25.8 Å². The lowest BCUT2D eigenvalue weighted by Crippen LogP contribution is -2.41. The van der Waals surface area contributed by atoms with E-state index in [2.05, 4.69) is 0 Å². The Labute approximate surface area is 164 Å². The Bertz CT molecular complexity index is 591. The second-order valence-electron chi connectivity index (χ2n) is 8.23. The molecule has 2 heterocycles. The highest BCUT2D eigenvalue weighted by Gasteiger charge is 2.54. The van der Waals surface area contributed by atoms with Gasteiger partial charge in [-0.25, -0.2) is 4.57 Å². The summed E-state index contributed by atoms with van der Waals surface area (Å²) in [6.07, 6.45) is -1.18. The predicted molar refractivity (Wildman–Crippen MR) is 101 cm³/mol. The van der Waals surface area contributed by atoms with Crippen molar-refractivity contribution in [3.8, 4) is 0 Å². The van der Waals surface area contributed by atoms with Crippen LogP contribution in [0.4, 0.5) is 0 Å². The van der Waals surface area contributed by atoms with Gasteiger partial charge in [0.2, 0.25) is 0 Å². The van der Waals surface area contributed by atoms with Crippen molar-refractivity contribution in [3.05, 3.63) is 0 Å². The maximum absolute atomic E-state index is 13.0. The first-order valence-electron chi connectivity index (χ1n) is 8.77. The standard InChI is InChI=1S/C15H27B3O8P/c1-12(20)8-15(4,18-17)25-11(12)7-23-27(21,22-5)26-13(2)9-14(3,16)24-10(13)6-19/h10-11,19-20H,6-9H2,1-5H3. The molecule has 2 saturated heterocycles. The zero-order valence-corrected chi connectivity index (χ0v) is 17.4. The molecule has 0 aromatic heterocycles. The number of ether oxygens (including phenoxy) is 2. The van der Waals surface area contributed by atoms with E-state index in [-0.39, 0.29) is 26.1 Å². The van der Waals surface area contributed by atoms with Crippen LogP contribution in [-0.2, 0) is 27.6 Å². The minimum atomic E-state index is -4.06. The van der Waals surface area contributed by atoms with E-state index in [1.807, 2.05) is 0 Å². The van der Waals surface area contributed by atoms with Crippen molar-refractivity contribution in [1.29, 1.82) is 0 Å². The van der Waals surface area contributed by atoms with Crippen LogP contribution in [0.3, 0.4) is 0 Å². The number of aliphatic hydroxyl groups excluding tert-OH is 1. The van der Waals surface area contributed by atoms with Gasteiger partial charge in [0.25, 0.3) is 0 Å². The third-order valence-electron chi connectivity index (χ3n) is 5.05. The lowest BCUT2D eigenvalue weighted by Gasteiger charge is -2.32. The average Bonchev–Trinajstić information content (AvgIpc) is 2.93. The van der Waals surface area contributed by atoms with Gasteiger partial charge in [0.15, 0.2) is 0 Å². The molecule has 0 amide bonds. The summed E-state index contributed by atoms with van der Waals surface area (Å²) in [5.74, 6) is 0. The smallest absolute Gasteiger partial charge is 0.394 e. The van der Waals surface area contributed by atoms with Crippen LogP contribution in [0.2, 0.25) is 0 Å². The van der Waals surface area contributed by atoms with Crippen molar-refractivity contribution in [2.75, 3.05) is 20.3 Å². The summed E-state index contributed by atoms with van der Waals surface area (Å²) in [4.78, 5) is 0. The SMILES string of the molecule is [B][B]C1(C)CC(C)(O)C(COP(=O)(OC)OC2(C)CC([B])(C)OC2CO)O1. The van der Waals surface area contributed by atoms with E-state index < -0.39 is 42.2 Å². The molecule has 8 nitrogen and oxygen atoms in total. The summed E-state index contributed by atoms with van der Waals surface area (Å²) in [6, 6.07) is 0. The Balaban J connectivity index is 2.08. The van der Waals surface area contributed by atoms with Gasteiger partial charge in [0.1, 0.15) is 25.7 Å². The fraction of sp³-hybridized carbons (Fsp3) is 1.00. The molecule has 2 aliphatic heterocycles. The van der Waals surface area contributed by atoms with E-state index in [0.717, 1.165) is 0 Å². The molecular formula is C15H27B3O8P. The third kappa shape index (κ3) is 5.20. The summed E-state index contributed by atoms with van der Waals surface area (Å²) in [5.41, 5.74) is -4.32. The zero-order chi connectivity index (χ0) is 20.7. The third-order valence-corrected chi connectivity index (χ3v) is 6.61. The van der Waals surface area contributed by atoms with Crippen LogP contribution in [-0.4, -0.2) is 87.7 Å². The van der Waals surface area contributed by atoms with Crippen LogP contribution < -0.4 is 0 Å². The molecule has 12 heteroatoms. The molecule has 0 spiro atoms. The Morgan fingerprint density at radius 2 is 1.85 bits per heavy atom. The molecule has 2 fully saturated rings. The van der Waals surface area contributed by atoms with Gasteiger partial charge >= 0.3 is 7.82 Å². The van der Waals surface area contributed by atoms with Gasteiger partial charge in [0.05, 0.1) is 26.0 Å². The quantitative estimate of drug-likeness (QED) is 0.443. The van der Waals surface area contributed by atoms with E-state index in [1.54, 1.807) is 27.7 Å². The Hall–Kier alpha value is 0.145. The first-order valence-corrected chi connectivity index (χ1v) is 10.2. The fourth-order valence-corrected chi connectivity index (χ4v) is 5.03. The van der Waals surface area contributed by atoms with Gasteiger partial charge in [-0.1, -0.05) is 0 Å². The van der Waals surface area contributed by atoms with Crippen molar-refractivity contribution < 1.29 is 37.8 Å². The van der Waals surface area contributed by atoms with Crippen molar-refractivity contribution >= 4 is 30.6 Å². The molecule has 5 radical (unpaired) electrons. The number of hydrogen-bond acceptors (Lipinski definition) is 8. The van der Waals surface area contributed by atoms with E-state index in [0.29, 0.717) is 0 Å². The monoisotopic (exact) mass is 399 g/mol. The molecule has 2 N–H and O–H groups in total. The maximum atomic E-state index is 13.0. The van der Waals surface area contributed by atoms with Gasteiger partial charge < -0.3 is 19.7 Å². The van der Waals surface area contributed by atoms with E-state index >= 15 is 0 Å². The summed E-state index contributed by atoms with van der Waals surface area (Å²) in [5, 5.41) is 20.1. The molecule has 0 aromatic carbocycles. The van der Waals surface area contributed by atoms with E-state index in [4.69, 9.17) is 38.6 Å². The van der Waals surface area contributed by atoms with Gasteiger partial charge in [-0.15, -0.1) is 0 Å². The van der Waals surface area contributed by atoms with Gasteiger partial charge in [-0.05, 0) is 40.5 Å². The van der Waals surface area contributed by atoms with Crippen molar-refractivity contribution in [1.82, 2.24) is 0 Å². The van der Waals surface area contributed by atoms with E-state index in [1.165, 1.54) is 14.3 Å². The number of phosphoric acid groups is 1. The summed E-state index contributed by atoms with van der Waals surface area (Å²) in [7, 11) is 10.0. The molecule has 0 aromatic rings. The fourth-order valence-electron chi connectivity index (χ4n) is 3.78. The van der Waals surface area contributed by atoms with Crippen LogP contribution in [0.15, 0.2) is 0 Å². The average molecular weight is 399 g/mol. The highest BCUT2D eigenvalue weighted by Crippen LogP contribution is 2.56. The second-order valence-corrected chi connectivity index (χ2v) is 9.93. The largest absolute Gasteiger partial charge is 0.475 e. The lowest BCUT2D eigenvalue weighted by atomic mass is 9.44. The van der Waals surface area contributed by atoms with E-state index in [9.17, 15) is 14.8 Å². The van der Waals surface area contributed by atoms with Gasteiger partial charge in [-0.3, -0.25) is 13.6 Å². The predicted octanol–water partition coefficient (Wildman–Crippen LogP) is 0.242. The van der Waals surface area contributed by atoms with Crippen LogP contribution in [0, 0.1) is 0 Å². The van der Waals surface area contributed by atoms with Crippen molar-refractivity contribution in [3.63, 3.8) is 0 Å². The van der Waals surface area contributed by atoms with Gasteiger partial charge in [-0.2, -0.15) is 0 Å². The molecule has 149 valence electrons. The highest BCUT2D eigenvalue weighted by molar-refractivity contribution is 7.48. The van der Waals surface area contributed by atoms with Crippen LogP contribution in [0.1, 0.15) is 40.5 Å². The molecule has 0 bridgehead atoms. The topological polar surface area (TPSA) is 104 Å². The minimum Gasteiger partial charge on any atom is -0.394 e. The molecule has 2 aliphatic rings. The first kappa shape index (κ1) is 23.4. The number of phosphoric ester groups is 1. The number of hydrogen-bond donors (Lipinski definition) is 2. The lowest BCUT2D eigenvalue weighted by molar-refractivity contribution is -0.0852. The van der Waals surface area contributed by atoms with Crippen molar-refractivity contribution in [2.24, 2.45) is 0 Å². The molecule has 0 aliphatic carbocycles. The Morgan fingerprint density at radius 3 is 2.33 bits per heavy atom. The molecular weight excluding hydrogens is 372 g/mol. The highest BCUT2D eigenvalue weighted by atomic mass is 31.2. The Morgan fingerprint density at radius 1 is 1.22 bits per heavy atom. The van der Waals surface area contributed by atoms with Crippen LogP contribution >= 0.6 is 7.82 Å². The van der Waals surface area contributed by atoms with Crippen molar-refractivity contribution in [2.45, 2.75) is 74.9 Å². The first-order chi connectivity index (χ1) is 12.2. The minimum absolute atomic E-state index is 0.166. The molecule has 0 saturated carbocycles. The maximum Gasteiger partial charge on any atom is 0.475 e. The number of aliphatic hydroxyl groups is 2. The summed E-state index contributed by atoms with van der Waals surface area (Å²) < 4.78 is 40.4. The Kier molecular flexibility index (Phi) is 6.73. The molecule has 7 unspecified atom stereocenters. The molecule has 7 atom stereocenters. The number of rotatable bonds is 8. The molecule has 27 heavy (non-hydrogen) atoms. The second kappa shape index (κ2) is 7.76. The summed E-state index contributed by atoms with van der Waals surface area (Å²) in [6.45, 7) is 5.95. The molecule has 2 rings (SSSR count).